The quantitative estimate of drug-likeness (QED) is 0.786. The summed E-state index contributed by atoms with van der Waals surface area (Å²) in [6, 6.07) is 6.81. The monoisotopic (exact) mass is 347 g/mol. The lowest BCUT2D eigenvalue weighted by atomic mass is 10.2. The van der Waals surface area contributed by atoms with Crippen LogP contribution in [-0.2, 0) is 13.6 Å². The van der Waals surface area contributed by atoms with Crippen molar-refractivity contribution in [2.24, 2.45) is 7.05 Å². The standard InChI is InChI=1S/C16H18ClN5O2/c1-10(14-7-11-6-12(17)4-5-13(11)24-14)20-16(23)21(2)8-15-18-9-19-22(15)3/h4-7,9-10H,8H2,1-3H3,(H,20,23)/t10-/m0/s1. The molecule has 2 heterocycles. The normalized spacial score (nSPS) is 12.3. The largest absolute Gasteiger partial charge is 0.459 e. The van der Waals surface area contributed by atoms with Crippen LogP contribution in [0.2, 0.25) is 5.02 Å². The summed E-state index contributed by atoms with van der Waals surface area (Å²) in [5, 5.41) is 8.45. The van der Waals surface area contributed by atoms with Crippen LogP contribution in [0.3, 0.4) is 0 Å². The number of nitrogens with zero attached hydrogens (tertiary/aromatic N) is 4. The van der Waals surface area contributed by atoms with Crippen LogP contribution in [0.5, 0.6) is 0 Å². The van der Waals surface area contributed by atoms with Gasteiger partial charge >= 0.3 is 6.03 Å². The second kappa shape index (κ2) is 6.52. The molecule has 0 bridgehead atoms. The van der Waals surface area contributed by atoms with E-state index in [0.29, 0.717) is 23.2 Å². The van der Waals surface area contributed by atoms with E-state index in [0.717, 1.165) is 11.0 Å². The average Bonchev–Trinajstić information content (AvgIpc) is 3.13. The van der Waals surface area contributed by atoms with Crippen LogP contribution in [0.25, 0.3) is 11.0 Å². The Kier molecular flexibility index (Phi) is 4.44. The smallest absolute Gasteiger partial charge is 0.318 e. The Morgan fingerprint density at radius 1 is 1.46 bits per heavy atom. The van der Waals surface area contributed by atoms with Gasteiger partial charge in [-0.15, -0.1) is 0 Å². The van der Waals surface area contributed by atoms with Crippen molar-refractivity contribution in [2.75, 3.05) is 7.05 Å². The first kappa shape index (κ1) is 16.3. The third-order valence-electron chi connectivity index (χ3n) is 3.79. The maximum absolute atomic E-state index is 12.3. The number of fused-ring (bicyclic) bond motifs is 1. The Hall–Kier alpha value is -2.54. The van der Waals surface area contributed by atoms with E-state index in [1.165, 1.54) is 6.33 Å². The Morgan fingerprint density at radius 3 is 2.96 bits per heavy atom. The van der Waals surface area contributed by atoms with Crippen LogP contribution in [-0.4, -0.2) is 32.7 Å². The third kappa shape index (κ3) is 3.35. The van der Waals surface area contributed by atoms with E-state index in [1.54, 1.807) is 29.7 Å². The van der Waals surface area contributed by atoms with Gasteiger partial charge in [0.2, 0.25) is 0 Å². The van der Waals surface area contributed by atoms with Crippen molar-refractivity contribution < 1.29 is 9.21 Å². The molecule has 0 aliphatic heterocycles. The second-order valence-electron chi connectivity index (χ2n) is 5.66. The second-order valence-corrected chi connectivity index (χ2v) is 6.09. The molecule has 0 spiro atoms. The molecule has 8 heteroatoms. The number of nitrogens with one attached hydrogen (secondary N) is 1. The molecule has 0 aliphatic carbocycles. The van der Waals surface area contributed by atoms with E-state index in [4.69, 9.17) is 16.0 Å². The highest BCUT2D eigenvalue weighted by atomic mass is 35.5. The molecule has 0 aliphatic rings. The SMILES string of the molecule is C[C@H](NC(=O)N(C)Cc1ncnn1C)c1cc2cc(Cl)ccc2o1. The molecule has 126 valence electrons. The van der Waals surface area contributed by atoms with Crippen LogP contribution in [0.1, 0.15) is 24.6 Å². The van der Waals surface area contributed by atoms with Gasteiger partial charge in [0.25, 0.3) is 0 Å². The number of halogens is 1. The first-order chi connectivity index (χ1) is 11.4. The fraction of sp³-hybridized carbons (Fsp3) is 0.312. The van der Waals surface area contributed by atoms with Crippen LogP contribution >= 0.6 is 11.6 Å². The number of amides is 2. The maximum Gasteiger partial charge on any atom is 0.318 e. The van der Waals surface area contributed by atoms with E-state index >= 15 is 0 Å². The highest BCUT2D eigenvalue weighted by molar-refractivity contribution is 6.31. The summed E-state index contributed by atoms with van der Waals surface area (Å²) in [5.41, 5.74) is 0.739. The van der Waals surface area contributed by atoms with Crippen molar-refractivity contribution in [2.45, 2.75) is 19.5 Å². The molecule has 7 nitrogen and oxygen atoms in total. The Morgan fingerprint density at radius 2 is 2.25 bits per heavy atom. The summed E-state index contributed by atoms with van der Waals surface area (Å²) >= 11 is 5.98. The van der Waals surface area contributed by atoms with Crippen LogP contribution in [0.15, 0.2) is 35.0 Å². The zero-order valence-electron chi connectivity index (χ0n) is 13.7. The number of hydrogen-bond acceptors (Lipinski definition) is 4. The summed E-state index contributed by atoms with van der Waals surface area (Å²) in [4.78, 5) is 18.0. The molecule has 1 N–H and O–H groups in total. The zero-order valence-corrected chi connectivity index (χ0v) is 14.4. The van der Waals surface area contributed by atoms with Crippen molar-refractivity contribution in [1.29, 1.82) is 0 Å². The summed E-state index contributed by atoms with van der Waals surface area (Å²) in [6.45, 7) is 2.23. The predicted molar refractivity (Wildman–Crippen MR) is 90.6 cm³/mol. The molecule has 0 saturated heterocycles. The molecule has 1 atom stereocenters. The van der Waals surface area contributed by atoms with Crippen molar-refractivity contribution in [3.63, 3.8) is 0 Å². The minimum atomic E-state index is -0.273. The molecule has 2 amide bonds. The highest BCUT2D eigenvalue weighted by Gasteiger charge is 2.18. The van der Waals surface area contributed by atoms with E-state index in [2.05, 4.69) is 15.4 Å². The van der Waals surface area contributed by atoms with Crippen molar-refractivity contribution in [3.05, 3.63) is 47.2 Å². The van der Waals surface area contributed by atoms with E-state index in [9.17, 15) is 4.79 Å². The summed E-state index contributed by atoms with van der Waals surface area (Å²) < 4.78 is 7.41. The Labute approximate surface area is 144 Å². The van der Waals surface area contributed by atoms with Gasteiger partial charge in [0.15, 0.2) is 0 Å². The number of benzene rings is 1. The van der Waals surface area contributed by atoms with Crippen LogP contribution in [0, 0.1) is 0 Å². The lowest BCUT2D eigenvalue weighted by Gasteiger charge is -2.20. The Bertz CT molecular complexity index is 872. The Balaban J connectivity index is 1.67. The zero-order chi connectivity index (χ0) is 17.3. The maximum atomic E-state index is 12.3. The van der Waals surface area contributed by atoms with Crippen molar-refractivity contribution in [3.8, 4) is 0 Å². The molecular weight excluding hydrogens is 330 g/mol. The number of aromatic nitrogens is 3. The first-order valence-electron chi connectivity index (χ1n) is 7.47. The van der Waals surface area contributed by atoms with Gasteiger partial charge in [-0.05, 0) is 31.2 Å². The third-order valence-corrected chi connectivity index (χ3v) is 4.03. The van der Waals surface area contributed by atoms with Crippen molar-refractivity contribution in [1.82, 2.24) is 25.0 Å². The summed E-state index contributed by atoms with van der Waals surface area (Å²) in [7, 11) is 3.49. The molecule has 0 radical (unpaired) electrons. The van der Waals surface area contributed by atoms with Crippen molar-refractivity contribution >= 4 is 28.6 Å². The number of rotatable bonds is 4. The molecule has 1 aromatic carbocycles. The molecule has 0 fully saturated rings. The topological polar surface area (TPSA) is 76.2 Å². The van der Waals surface area contributed by atoms with E-state index < -0.39 is 0 Å². The van der Waals surface area contributed by atoms with Gasteiger partial charge in [-0.25, -0.2) is 9.78 Å². The van der Waals surface area contributed by atoms with Gasteiger partial charge in [0.1, 0.15) is 23.5 Å². The minimum Gasteiger partial charge on any atom is -0.459 e. The molecular formula is C16H18ClN5O2. The fourth-order valence-electron chi connectivity index (χ4n) is 2.36. The predicted octanol–water partition coefficient (Wildman–Crippen LogP) is 3.12. The fourth-order valence-corrected chi connectivity index (χ4v) is 2.54. The van der Waals surface area contributed by atoms with Crippen LogP contribution < -0.4 is 5.32 Å². The van der Waals surface area contributed by atoms with Gasteiger partial charge in [0.05, 0.1) is 12.6 Å². The lowest BCUT2D eigenvalue weighted by molar-refractivity contribution is 0.200. The number of urea groups is 1. The molecule has 0 saturated carbocycles. The molecule has 3 rings (SSSR count). The summed E-state index contributed by atoms with van der Waals surface area (Å²) in [6.07, 6.45) is 1.46. The molecule has 24 heavy (non-hydrogen) atoms. The van der Waals surface area contributed by atoms with Crippen LogP contribution in [0.4, 0.5) is 4.79 Å². The van der Waals surface area contributed by atoms with E-state index in [1.807, 2.05) is 25.1 Å². The molecule has 0 unspecified atom stereocenters. The highest BCUT2D eigenvalue weighted by Crippen LogP contribution is 2.26. The number of carbonyl (C=O) groups excluding carboxylic acids is 1. The number of carbonyl (C=O) groups is 1. The average molecular weight is 348 g/mol. The van der Waals surface area contributed by atoms with Gasteiger partial charge < -0.3 is 14.6 Å². The lowest BCUT2D eigenvalue weighted by Crippen LogP contribution is -2.38. The van der Waals surface area contributed by atoms with Gasteiger partial charge in [-0.2, -0.15) is 5.10 Å². The van der Waals surface area contributed by atoms with Gasteiger partial charge in [-0.1, -0.05) is 11.6 Å². The molecule has 2 aromatic heterocycles. The minimum absolute atomic E-state index is 0.219. The summed E-state index contributed by atoms with van der Waals surface area (Å²) in [5.74, 6) is 1.38. The number of hydrogen-bond donors (Lipinski definition) is 1. The molecule has 3 aromatic rings. The van der Waals surface area contributed by atoms with Gasteiger partial charge in [0, 0.05) is 24.5 Å². The van der Waals surface area contributed by atoms with Gasteiger partial charge in [-0.3, -0.25) is 4.68 Å². The number of aryl methyl sites for hydroxylation is 1. The number of furan rings is 1. The van der Waals surface area contributed by atoms with E-state index in [-0.39, 0.29) is 12.1 Å². The first-order valence-corrected chi connectivity index (χ1v) is 7.85.